The van der Waals surface area contributed by atoms with Crippen LogP contribution in [0.2, 0.25) is 0 Å². The van der Waals surface area contributed by atoms with Gasteiger partial charge >= 0.3 is 6.09 Å². The third-order valence-corrected chi connectivity index (χ3v) is 4.35. The third-order valence-electron chi connectivity index (χ3n) is 4.35. The zero-order valence-electron chi connectivity index (χ0n) is 15.7. The van der Waals surface area contributed by atoms with Gasteiger partial charge < -0.3 is 24.0 Å². The first-order valence-corrected chi connectivity index (χ1v) is 8.91. The molecule has 2 heterocycles. The van der Waals surface area contributed by atoms with Crippen molar-refractivity contribution in [2.75, 3.05) is 26.2 Å². The lowest BCUT2D eigenvalue weighted by Crippen LogP contribution is -2.59. The second-order valence-electron chi connectivity index (χ2n) is 7.67. The SMILES string of the molecule is C[C@H]1CN(C(=O)OC(C)(C)C)CCN1C(=O)[C@H]1COc2ccccc2O1. The third kappa shape index (κ3) is 4.03. The molecule has 1 aromatic carbocycles. The second-order valence-corrected chi connectivity index (χ2v) is 7.67. The quantitative estimate of drug-likeness (QED) is 0.767. The molecule has 26 heavy (non-hydrogen) atoms. The van der Waals surface area contributed by atoms with Gasteiger partial charge in [-0.1, -0.05) is 12.1 Å². The minimum atomic E-state index is -0.666. The van der Waals surface area contributed by atoms with Crippen LogP contribution in [-0.2, 0) is 9.53 Å². The van der Waals surface area contributed by atoms with E-state index in [1.807, 2.05) is 45.9 Å². The number of para-hydroxylation sites is 2. The maximum Gasteiger partial charge on any atom is 0.410 e. The number of piperazine rings is 1. The van der Waals surface area contributed by atoms with Crippen molar-refractivity contribution in [1.82, 2.24) is 9.80 Å². The molecule has 2 aliphatic rings. The van der Waals surface area contributed by atoms with E-state index in [1.165, 1.54) is 0 Å². The number of rotatable bonds is 1. The van der Waals surface area contributed by atoms with Gasteiger partial charge in [0.25, 0.3) is 5.91 Å². The summed E-state index contributed by atoms with van der Waals surface area (Å²) in [5.74, 6) is 1.12. The van der Waals surface area contributed by atoms with Gasteiger partial charge in [-0.15, -0.1) is 0 Å². The molecule has 0 N–H and O–H groups in total. The van der Waals surface area contributed by atoms with Crippen molar-refractivity contribution in [1.29, 1.82) is 0 Å². The summed E-state index contributed by atoms with van der Waals surface area (Å²) in [5.41, 5.74) is -0.534. The Bertz CT molecular complexity index is 685. The maximum atomic E-state index is 12.9. The molecular formula is C19H26N2O5. The average Bonchev–Trinajstić information content (AvgIpc) is 2.59. The largest absolute Gasteiger partial charge is 0.485 e. The van der Waals surface area contributed by atoms with E-state index in [-0.39, 0.29) is 24.6 Å². The van der Waals surface area contributed by atoms with Crippen molar-refractivity contribution in [2.45, 2.75) is 45.4 Å². The number of amides is 2. The molecule has 3 rings (SSSR count). The Hall–Kier alpha value is -2.44. The summed E-state index contributed by atoms with van der Waals surface area (Å²) >= 11 is 0. The van der Waals surface area contributed by atoms with E-state index in [0.717, 1.165) is 0 Å². The summed E-state index contributed by atoms with van der Waals surface area (Å²) < 4.78 is 16.9. The molecule has 2 amide bonds. The van der Waals surface area contributed by atoms with Crippen molar-refractivity contribution in [2.24, 2.45) is 0 Å². The fraction of sp³-hybridized carbons (Fsp3) is 0.579. The van der Waals surface area contributed by atoms with Gasteiger partial charge in [-0.2, -0.15) is 0 Å². The summed E-state index contributed by atoms with van der Waals surface area (Å²) in [6.45, 7) is 8.95. The molecule has 0 aromatic heterocycles. The highest BCUT2D eigenvalue weighted by molar-refractivity contribution is 5.82. The molecule has 142 valence electrons. The van der Waals surface area contributed by atoms with Crippen LogP contribution in [-0.4, -0.2) is 65.8 Å². The lowest BCUT2D eigenvalue weighted by atomic mass is 10.1. The predicted molar refractivity (Wildman–Crippen MR) is 95.3 cm³/mol. The summed E-state index contributed by atoms with van der Waals surface area (Å²) in [5, 5.41) is 0. The minimum Gasteiger partial charge on any atom is -0.485 e. The maximum absolute atomic E-state index is 12.9. The number of carbonyl (C=O) groups excluding carboxylic acids is 2. The molecule has 0 spiro atoms. The molecule has 0 bridgehead atoms. The molecule has 7 heteroatoms. The zero-order chi connectivity index (χ0) is 18.9. The topological polar surface area (TPSA) is 68.3 Å². The highest BCUT2D eigenvalue weighted by atomic mass is 16.6. The number of nitrogens with zero attached hydrogens (tertiary/aromatic N) is 2. The van der Waals surface area contributed by atoms with E-state index in [2.05, 4.69) is 0 Å². The average molecular weight is 362 g/mol. The van der Waals surface area contributed by atoms with Crippen LogP contribution in [0.5, 0.6) is 11.5 Å². The zero-order valence-corrected chi connectivity index (χ0v) is 15.7. The van der Waals surface area contributed by atoms with Crippen molar-refractivity contribution < 1.29 is 23.8 Å². The Morgan fingerprint density at radius 2 is 1.85 bits per heavy atom. The van der Waals surface area contributed by atoms with Crippen LogP contribution in [0.4, 0.5) is 4.79 Å². The van der Waals surface area contributed by atoms with E-state index in [9.17, 15) is 9.59 Å². The number of benzene rings is 1. The Morgan fingerprint density at radius 3 is 2.50 bits per heavy atom. The van der Waals surface area contributed by atoms with Crippen LogP contribution in [0.1, 0.15) is 27.7 Å². The molecule has 0 saturated carbocycles. The van der Waals surface area contributed by atoms with E-state index in [0.29, 0.717) is 31.1 Å². The van der Waals surface area contributed by atoms with Crippen molar-refractivity contribution in [3.8, 4) is 11.5 Å². The minimum absolute atomic E-state index is 0.115. The first kappa shape index (κ1) is 18.4. The van der Waals surface area contributed by atoms with E-state index in [1.54, 1.807) is 15.9 Å². The number of hydrogen-bond donors (Lipinski definition) is 0. The van der Waals surface area contributed by atoms with Gasteiger partial charge in [0, 0.05) is 25.7 Å². The predicted octanol–water partition coefficient (Wildman–Crippen LogP) is 2.29. The Kier molecular flexibility index (Phi) is 4.98. The number of hydrogen-bond acceptors (Lipinski definition) is 5. The molecule has 0 radical (unpaired) electrons. The first-order chi connectivity index (χ1) is 12.2. The number of carbonyl (C=O) groups is 2. The summed E-state index contributed by atoms with van der Waals surface area (Å²) in [6.07, 6.45) is -1.01. The number of ether oxygens (including phenoxy) is 3. The smallest absolute Gasteiger partial charge is 0.410 e. The van der Waals surface area contributed by atoms with Crippen LogP contribution in [0.3, 0.4) is 0 Å². The standard InChI is InChI=1S/C19H26N2O5/c1-13-11-20(18(23)26-19(2,3)4)9-10-21(13)17(22)16-12-24-14-7-5-6-8-15(14)25-16/h5-8,13,16H,9-12H2,1-4H3/t13-,16+/m0/s1. The highest BCUT2D eigenvalue weighted by Crippen LogP contribution is 2.31. The van der Waals surface area contributed by atoms with Gasteiger partial charge in [0.05, 0.1) is 0 Å². The molecule has 1 saturated heterocycles. The molecule has 2 atom stereocenters. The van der Waals surface area contributed by atoms with Gasteiger partial charge in [0.2, 0.25) is 6.10 Å². The number of fused-ring (bicyclic) bond motifs is 1. The summed E-state index contributed by atoms with van der Waals surface area (Å²) in [7, 11) is 0. The van der Waals surface area contributed by atoms with Gasteiger partial charge in [-0.3, -0.25) is 4.79 Å². The van der Waals surface area contributed by atoms with Crippen LogP contribution in [0.25, 0.3) is 0 Å². The molecule has 1 fully saturated rings. The van der Waals surface area contributed by atoms with Crippen LogP contribution in [0, 0.1) is 0 Å². The normalized spacial score (nSPS) is 22.8. The van der Waals surface area contributed by atoms with Gasteiger partial charge in [0.15, 0.2) is 11.5 Å². The fourth-order valence-electron chi connectivity index (χ4n) is 3.10. The molecule has 1 aromatic rings. The summed E-state index contributed by atoms with van der Waals surface area (Å²) in [6, 6.07) is 7.20. The van der Waals surface area contributed by atoms with E-state index < -0.39 is 11.7 Å². The van der Waals surface area contributed by atoms with Gasteiger partial charge in [-0.05, 0) is 39.8 Å². The molecule has 0 aliphatic carbocycles. The molecular weight excluding hydrogens is 336 g/mol. The molecule has 0 unspecified atom stereocenters. The van der Waals surface area contributed by atoms with Gasteiger partial charge in [0.1, 0.15) is 12.2 Å². The van der Waals surface area contributed by atoms with Crippen molar-refractivity contribution >= 4 is 12.0 Å². The first-order valence-electron chi connectivity index (χ1n) is 8.91. The van der Waals surface area contributed by atoms with Crippen molar-refractivity contribution in [3.05, 3.63) is 24.3 Å². The monoisotopic (exact) mass is 362 g/mol. The van der Waals surface area contributed by atoms with Crippen LogP contribution >= 0.6 is 0 Å². The summed E-state index contributed by atoms with van der Waals surface area (Å²) in [4.78, 5) is 28.5. The van der Waals surface area contributed by atoms with Crippen molar-refractivity contribution in [3.63, 3.8) is 0 Å². The van der Waals surface area contributed by atoms with E-state index in [4.69, 9.17) is 14.2 Å². The van der Waals surface area contributed by atoms with Gasteiger partial charge in [-0.25, -0.2) is 4.79 Å². The second kappa shape index (κ2) is 7.05. The van der Waals surface area contributed by atoms with Crippen LogP contribution < -0.4 is 9.47 Å². The Balaban J connectivity index is 1.60. The molecule has 2 aliphatic heterocycles. The van der Waals surface area contributed by atoms with Crippen LogP contribution in [0.15, 0.2) is 24.3 Å². The van der Waals surface area contributed by atoms with E-state index >= 15 is 0 Å². The lowest BCUT2D eigenvalue weighted by molar-refractivity contribution is -0.145. The lowest BCUT2D eigenvalue weighted by Gasteiger charge is -2.41. The fourth-order valence-corrected chi connectivity index (χ4v) is 3.10. The Morgan fingerprint density at radius 1 is 1.15 bits per heavy atom. The highest BCUT2D eigenvalue weighted by Gasteiger charge is 2.37. The molecule has 7 nitrogen and oxygen atoms in total. The Labute approximate surface area is 153 Å².